The van der Waals surface area contributed by atoms with Crippen molar-refractivity contribution in [2.24, 2.45) is 10.4 Å². The van der Waals surface area contributed by atoms with E-state index in [0.717, 1.165) is 32.4 Å². The smallest absolute Gasteiger partial charge is 0.0694 e. The van der Waals surface area contributed by atoms with Crippen LogP contribution in [0.1, 0.15) is 19.3 Å². The number of hydrogen-bond donors (Lipinski definition) is 0. The van der Waals surface area contributed by atoms with Gasteiger partial charge in [-0.05, 0) is 52.2 Å². The topological polar surface area (TPSA) is 39.4 Å². The Morgan fingerprint density at radius 3 is 2.69 bits per heavy atom. The van der Waals surface area contributed by atoms with Crippen molar-refractivity contribution in [1.29, 1.82) is 5.26 Å². The summed E-state index contributed by atoms with van der Waals surface area (Å²) in [5, 5.41) is 9.28. The molecule has 16 heavy (non-hydrogen) atoms. The van der Waals surface area contributed by atoms with Crippen LogP contribution in [0.15, 0.2) is 29.4 Å². The molecule has 1 heterocycles. The summed E-state index contributed by atoms with van der Waals surface area (Å²) in [5.74, 6) is 0. The molecule has 0 aromatic heterocycles. The average molecular weight is 217 g/mol. The van der Waals surface area contributed by atoms with Gasteiger partial charge in [0.25, 0.3) is 0 Å². The molecular weight excluding hydrogens is 198 g/mol. The van der Waals surface area contributed by atoms with Crippen molar-refractivity contribution < 1.29 is 0 Å². The summed E-state index contributed by atoms with van der Waals surface area (Å²) < 4.78 is 0. The molecule has 3 nitrogen and oxygen atoms in total. The fraction of sp³-hybridized carbons (Fsp3) is 0.538. The second-order valence-corrected chi connectivity index (χ2v) is 4.35. The molecule has 0 atom stereocenters. The van der Waals surface area contributed by atoms with E-state index < -0.39 is 0 Å². The van der Waals surface area contributed by atoms with Crippen LogP contribution in [0.4, 0.5) is 0 Å². The largest absolute Gasteiger partial charge is 0.306 e. The first-order valence-corrected chi connectivity index (χ1v) is 5.60. The summed E-state index contributed by atoms with van der Waals surface area (Å²) in [7, 11) is 2.11. The number of nitriles is 1. The Morgan fingerprint density at radius 1 is 1.44 bits per heavy atom. The minimum atomic E-state index is -0.154. The SMILES string of the molecule is C=N/C=C\C=C/CC1(C#N)CCN(C)CC1. The molecule has 0 aliphatic carbocycles. The third kappa shape index (κ3) is 3.63. The third-order valence-corrected chi connectivity index (χ3v) is 3.13. The minimum absolute atomic E-state index is 0.154. The second kappa shape index (κ2) is 6.24. The van der Waals surface area contributed by atoms with Gasteiger partial charge >= 0.3 is 0 Å². The maximum absolute atomic E-state index is 9.28. The Balaban J connectivity index is 2.49. The molecular formula is C13H19N3. The summed E-state index contributed by atoms with van der Waals surface area (Å²) >= 11 is 0. The van der Waals surface area contributed by atoms with Gasteiger partial charge in [-0.3, -0.25) is 4.99 Å². The van der Waals surface area contributed by atoms with Crippen molar-refractivity contribution in [2.75, 3.05) is 20.1 Å². The number of nitrogens with zero attached hydrogens (tertiary/aromatic N) is 3. The van der Waals surface area contributed by atoms with E-state index in [1.54, 1.807) is 6.20 Å². The summed E-state index contributed by atoms with van der Waals surface area (Å²) in [5.41, 5.74) is -0.154. The summed E-state index contributed by atoms with van der Waals surface area (Å²) in [6, 6.07) is 2.49. The molecule has 3 heteroatoms. The van der Waals surface area contributed by atoms with Crippen molar-refractivity contribution in [3.05, 3.63) is 24.4 Å². The van der Waals surface area contributed by atoms with E-state index in [1.807, 2.05) is 12.2 Å². The quantitative estimate of drug-likeness (QED) is 0.536. The first-order valence-electron chi connectivity index (χ1n) is 5.60. The number of hydrogen-bond acceptors (Lipinski definition) is 3. The molecule has 0 spiro atoms. The number of piperidine rings is 1. The van der Waals surface area contributed by atoms with E-state index in [2.05, 4.69) is 35.8 Å². The summed E-state index contributed by atoms with van der Waals surface area (Å²) in [4.78, 5) is 5.89. The third-order valence-electron chi connectivity index (χ3n) is 3.13. The fourth-order valence-electron chi connectivity index (χ4n) is 1.89. The molecule has 0 unspecified atom stereocenters. The van der Waals surface area contributed by atoms with Crippen LogP contribution in [0.3, 0.4) is 0 Å². The van der Waals surface area contributed by atoms with Crippen molar-refractivity contribution in [1.82, 2.24) is 4.90 Å². The summed E-state index contributed by atoms with van der Waals surface area (Å²) in [6.45, 7) is 5.40. The highest BCUT2D eigenvalue weighted by Crippen LogP contribution is 2.34. The second-order valence-electron chi connectivity index (χ2n) is 4.35. The average Bonchev–Trinajstić information content (AvgIpc) is 2.32. The van der Waals surface area contributed by atoms with Gasteiger partial charge in [-0.15, -0.1) is 0 Å². The monoisotopic (exact) mass is 217 g/mol. The van der Waals surface area contributed by atoms with Crippen LogP contribution in [-0.4, -0.2) is 31.8 Å². The van der Waals surface area contributed by atoms with Crippen LogP contribution in [-0.2, 0) is 0 Å². The molecule has 1 rings (SSSR count). The van der Waals surface area contributed by atoms with Crippen LogP contribution < -0.4 is 0 Å². The molecule has 1 aliphatic rings. The van der Waals surface area contributed by atoms with Gasteiger partial charge in [-0.2, -0.15) is 5.26 Å². The lowest BCUT2D eigenvalue weighted by Gasteiger charge is -2.34. The first kappa shape index (κ1) is 12.7. The fourth-order valence-corrected chi connectivity index (χ4v) is 1.89. The molecule has 0 aromatic carbocycles. The lowest BCUT2D eigenvalue weighted by Crippen LogP contribution is -2.36. The zero-order valence-corrected chi connectivity index (χ0v) is 9.89. The van der Waals surface area contributed by atoms with Gasteiger partial charge in [0.2, 0.25) is 0 Å². The zero-order chi connectivity index (χ0) is 11.9. The maximum Gasteiger partial charge on any atom is 0.0694 e. The van der Waals surface area contributed by atoms with E-state index in [4.69, 9.17) is 0 Å². The predicted octanol–water partition coefficient (Wildman–Crippen LogP) is 2.38. The highest BCUT2D eigenvalue weighted by atomic mass is 15.1. The number of aliphatic imine (C=N–C) groups is 1. The lowest BCUT2D eigenvalue weighted by atomic mass is 9.77. The van der Waals surface area contributed by atoms with Gasteiger partial charge in [-0.25, -0.2) is 0 Å². The van der Waals surface area contributed by atoms with E-state index in [1.165, 1.54) is 0 Å². The van der Waals surface area contributed by atoms with Gasteiger partial charge in [0.1, 0.15) is 0 Å². The van der Waals surface area contributed by atoms with Crippen LogP contribution in [0, 0.1) is 16.7 Å². The zero-order valence-electron chi connectivity index (χ0n) is 9.89. The minimum Gasteiger partial charge on any atom is -0.306 e. The first-order chi connectivity index (χ1) is 7.72. The standard InChI is InChI=1S/C13H19N3/c1-15-9-5-3-4-6-13(12-14)7-10-16(2)11-8-13/h3-5,9H,1,6-8,10-11H2,2H3/b4-3-,9-5-. The van der Waals surface area contributed by atoms with Crippen molar-refractivity contribution in [3.8, 4) is 6.07 Å². The molecule has 0 N–H and O–H groups in total. The molecule has 1 saturated heterocycles. The van der Waals surface area contributed by atoms with Crippen LogP contribution in [0.2, 0.25) is 0 Å². The molecule has 0 aromatic rings. The molecule has 0 saturated carbocycles. The van der Waals surface area contributed by atoms with Gasteiger partial charge in [0.05, 0.1) is 11.5 Å². The normalized spacial score (nSPS) is 21.2. The highest BCUT2D eigenvalue weighted by Gasteiger charge is 2.32. The van der Waals surface area contributed by atoms with E-state index in [0.29, 0.717) is 0 Å². The van der Waals surface area contributed by atoms with Crippen LogP contribution in [0.25, 0.3) is 0 Å². The molecule has 1 fully saturated rings. The van der Waals surface area contributed by atoms with E-state index in [-0.39, 0.29) is 5.41 Å². The molecule has 0 radical (unpaired) electrons. The van der Waals surface area contributed by atoms with Gasteiger partial charge in [-0.1, -0.05) is 12.2 Å². The Labute approximate surface area is 97.8 Å². The Hall–Kier alpha value is -1.40. The van der Waals surface area contributed by atoms with Gasteiger partial charge in [0, 0.05) is 6.20 Å². The molecule has 1 aliphatic heterocycles. The van der Waals surface area contributed by atoms with Gasteiger partial charge in [0.15, 0.2) is 0 Å². The Bertz CT molecular complexity index is 315. The Morgan fingerprint density at radius 2 is 2.12 bits per heavy atom. The summed E-state index contributed by atoms with van der Waals surface area (Å²) in [6.07, 6.45) is 10.2. The van der Waals surface area contributed by atoms with Crippen molar-refractivity contribution in [2.45, 2.75) is 19.3 Å². The molecule has 0 amide bonds. The lowest BCUT2D eigenvalue weighted by molar-refractivity contribution is 0.173. The van der Waals surface area contributed by atoms with Crippen molar-refractivity contribution in [3.63, 3.8) is 0 Å². The highest BCUT2D eigenvalue weighted by molar-refractivity contribution is 5.26. The number of likely N-dealkylation sites (tertiary alicyclic amines) is 1. The van der Waals surface area contributed by atoms with Crippen LogP contribution in [0.5, 0.6) is 0 Å². The van der Waals surface area contributed by atoms with Crippen LogP contribution >= 0.6 is 0 Å². The van der Waals surface area contributed by atoms with E-state index in [9.17, 15) is 5.26 Å². The van der Waals surface area contributed by atoms with E-state index >= 15 is 0 Å². The number of rotatable bonds is 4. The maximum atomic E-state index is 9.28. The molecule has 86 valence electrons. The Kier molecular flexibility index (Phi) is 4.94. The predicted molar refractivity (Wildman–Crippen MR) is 67.2 cm³/mol. The molecule has 0 bridgehead atoms. The van der Waals surface area contributed by atoms with Gasteiger partial charge < -0.3 is 4.90 Å². The number of allylic oxidation sites excluding steroid dienone is 3. The van der Waals surface area contributed by atoms with Crippen molar-refractivity contribution >= 4 is 6.72 Å².